The van der Waals surface area contributed by atoms with Gasteiger partial charge in [0.2, 0.25) is 9.62 Å². The molecule has 2 N–H and O–H groups in total. The summed E-state index contributed by atoms with van der Waals surface area (Å²) in [5.74, 6) is -2.24. The molecule has 1 aromatic heterocycles. The number of alkyl halides is 6. The van der Waals surface area contributed by atoms with Crippen molar-refractivity contribution in [3.63, 3.8) is 0 Å². The third kappa shape index (κ3) is 10.6. The molecule has 0 bridgehead atoms. The molecule has 31 heavy (non-hydrogen) atoms. The maximum atomic E-state index is 12.2. The highest BCUT2D eigenvalue weighted by Crippen LogP contribution is 2.40. The molecule has 0 radical (unpaired) electrons. The molecule has 0 fully saturated rings. The summed E-state index contributed by atoms with van der Waals surface area (Å²) >= 11 is 17.4. The van der Waals surface area contributed by atoms with Gasteiger partial charge in [0.1, 0.15) is 6.07 Å². The van der Waals surface area contributed by atoms with Crippen molar-refractivity contribution in [2.45, 2.75) is 43.3 Å². The largest absolute Gasteiger partial charge is 0.490 e. The Morgan fingerprint density at radius 1 is 1.32 bits per heavy atom. The number of amides is 1. The normalized spacial score (nSPS) is 11.7. The van der Waals surface area contributed by atoms with E-state index in [9.17, 15) is 18.0 Å². The van der Waals surface area contributed by atoms with Crippen molar-refractivity contribution in [3.8, 4) is 6.07 Å². The minimum atomic E-state index is -5.08. The molecular formula is C16H19Cl3F3N5O4. The maximum Gasteiger partial charge on any atom is 0.490 e. The van der Waals surface area contributed by atoms with Crippen LogP contribution in [0.15, 0.2) is 12.3 Å². The molecule has 0 saturated heterocycles. The lowest BCUT2D eigenvalue weighted by Crippen LogP contribution is -2.50. The number of hydrazine groups is 1. The van der Waals surface area contributed by atoms with Crippen LogP contribution >= 0.6 is 34.8 Å². The number of nitrogens with one attached hydrogen (secondary N) is 1. The Morgan fingerprint density at radius 3 is 2.23 bits per heavy atom. The van der Waals surface area contributed by atoms with Gasteiger partial charge in [0.25, 0.3) is 0 Å². The summed E-state index contributed by atoms with van der Waals surface area (Å²) < 4.78 is 35.1. The fourth-order valence-corrected chi connectivity index (χ4v) is 1.65. The fraction of sp³-hybridized carbons (Fsp3) is 0.562. The number of aliphatic carboxylic acids is 1. The van der Waals surface area contributed by atoms with Gasteiger partial charge in [-0.2, -0.15) is 23.4 Å². The van der Waals surface area contributed by atoms with Crippen molar-refractivity contribution in [1.82, 2.24) is 15.4 Å². The van der Waals surface area contributed by atoms with Crippen molar-refractivity contribution in [2.24, 2.45) is 5.92 Å². The number of carboxylic acid groups (broad SMARTS) is 1. The summed E-state index contributed by atoms with van der Waals surface area (Å²) in [4.78, 5) is 28.9. The molecule has 0 aliphatic carbocycles. The zero-order valence-corrected chi connectivity index (χ0v) is 18.9. The maximum absolute atomic E-state index is 12.2. The topological polar surface area (TPSA) is 128 Å². The molecule has 15 heteroatoms. The molecule has 0 aromatic carbocycles. The number of hydrogen-bond acceptors (Lipinski definition) is 7. The second-order valence-corrected chi connectivity index (χ2v) is 8.95. The highest BCUT2D eigenvalue weighted by Gasteiger charge is 2.44. The summed E-state index contributed by atoms with van der Waals surface area (Å²) in [5, 5.41) is 17.5. The number of carboxylic acids is 1. The molecule has 1 aromatic rings. The van der Waals surface area contributed by atoms with Crippen LogP contribution in [0.5, 0.6) is 0 Å². The molecule has 0 aliphatic rings. The molecule has 0 spiro atoms. The number of carbonyl (C=O) groups is 2. The van der Waals surface area contributed by atoms with Gasteiger partial charge in [0, 0.05) is 18.8 Å². The highest BCUT2D eigenvalue weighted by molar-refractivity contribution is 6.68. The van der Waals surface area contributed by atoms with Crippen molar-refractivity contribution in [2.75, 3.05) is 11.6 Å². The van der Waals surface area contributed by atoms with E-state index in [1.165, 1.54) is 25.1 Å². The Kier molecular flexibility index (Phi) is 10.6. The van der Waals surface area contributed by atoms with Crippen LogP contribution in [0.3, 0.4) is 0 Å². The van der Waals surface area contributed by atoms with Gasteiger partial charge >= 0.3 is 18.2 Å². The van der Waals surface area contributed by atoms with Gasteiger partial charge < -0.3 is 9.84 Å². The number of halogens is 6. The molecule has 0 atom stereocenters. The Balaban J connectivity index is 0.00000110. The number of carbonyl (C=O) groups excluding carboxylic acids is 1. The van der Waals surface area contributed by atoms with Gasteiger partial charge in [-0.3, -0.25) is 5.01 Å². The summed E-state index contributed by atoms with van der Waals surface area (Å²) in [7, 11) is 0. The van der Waals surface area contributed by atoms with Gasteiger partial charge in [-0.1, -0.05) is 48.7 Å². The van der Waals surface area contributed by atoms with Gasteiger partial charge in [-0.05, 0) is 19.8 Å². The Hall–Kier alpha value is -2.23. The molecule has 1 rings (SSSR count). The average Bonchev–Trinajstić information content (AvgIpc) is 2.59. The SMILES string of the molecule is CC(C)CN(NC(=O)OC(C)(C)C(Cl)(Cl)Cl)c1ccnc(C#N)n1.O=C(O)C(F)(F)F. The first-order valence-corrected chi connectivity index (χ1v) is 9.41. The zero-order chi connectivity index (χ0) is 24.6. The third-order valence-corrected chi connectivity index (χ3v) is 4.43. The Bertz CT molecular complexity index is 811. The van der Waals surface area contributed by atoms with Crippen molar-refractivity contribution >= 4 is 52.7 Å². The summed E-state index contributed by atoms with van der Waals surface area (Å²) in [6, 6.07) is 3.40. The third-order valence-electron chi connectivity index (χ3n) is 3.06. The number of anilines is 1. The van der Waals surface area contributed by atoms with E-state index in [-0.39, 0.29) is 11.7 Å². The summed E-state index contributed by atoms with van der Waals surface area (Å²) in [6.07, 6.45) is -4.48. The second kappa shape index (κ2) is 11.4. The first-order valence-electron chi connectivity index (χ1n) is 8.28. The molecule has 0 saturated carbocycles. The van der Waals surface area contributed by atoms with E-state index in [0.29, 0.717) is 12.4 Å². The Morgan fingerprint density at radius 2 is 1.84 bits per heavy atom. The van der Waals surface area contributed by atoms with Gasteiger partial charge in [0.05, 0.1) is 0 Å². The molecule has 0 unspecified atom stereocenters. The van der Waals surface area contributed by atoms with Gasteiger partial charge in [0.15, 0.2) is 11.4 Å². The fourth-order valence-electron chi connectivity index (χ4n) is 1.54. The minimum Gasteiger partial charge on any atom is -0.475 e. The van der Waals surface area contributed by atoms with Crippen molar-refractivity contribution in [3.05, 3.63) is 18.1 Å². The van der Waals surface area contributed by atoms with Crippen LogP contribution in [0, 0.1) is 17.2 Å². The van der Waals surface area contributed by atoms with Crippen LogP contribution < -0.4 is 10.4 Å². The molecule has 0 aliphatic heterocycles. The predicted molar refractivity (Wildman–Crippen MR) is 107 cm³/mol. The second-order valence-electron chi connectivity index (χ2n) is 6.67. The smallest absolute Gasteiger partial charge is 0.475 e. The number of rotatable bonds is 5. The van der Waals surface area contributed by atoms with E-state index < -0.39 is 27.6 Å². The quantitative estimate of drug-likeness (QED) is 0.446. The van der Waals surface area contributed by atoms with Crippen LogP contribution in [0.4, 0.5) is 23.8 Å². The van der Waals surface area contributed by atoms with E-state index in [4.69, 9.17) is 54.7 Å². The van der Waals surface area contributed by atoms with Crippen molar-refractivity contribution < 1.29 is 32.6 Å². The number of hydrogen-bond donors (Lipinski definition) is 2. The standard InChI is InChI=1S/C14H18Cl3N5O2.C2HF3O2/c1-9(2)8-22(11-5-6-19-10(7-18)20-11)21-12(23)24-13(3,4)14(15,16)17;3-2(4,5)1(6)7/h5-6,9H,8H2,1-4H3,(H,21,23);(H,6,7). The molecule has 174 valence electrons. The average molecular weight is 509 g/mol. The van der Waals surface area contributed by atoms with Gasteiger partial charge in [-0.25, -0.2) is 20.0 Å². The van der Waals surface area contributed by atoms with E-state index >= 15 is 0 Å². The Labute approximate surface area is 191 Å². The number of nitriles is 1. The van der Waals surface area contributed by atoms with Crippen LogP contribution in [-0.4, -0.2) is 49.3 Å². The van der Waals surface area contributed by atoms with E-state index in [2.05, 4.69) is 15.4 Å². The molecule has 9 nitrogen and oxygen atoms in total. The number of nitrogens with zero attached hydrogens (tertiary/aromatic N) is 4. The first-order chi connectivity index (χ1) is 13.9. The zero-order valence-electron chi connectivity index (χ0n) is 16.7. The van der Waals surface area contributed by atoms with Gasteiger partial charge in [-0.15, -0.1) is 0 Å². The van der Waals surface area contributed by atoms with Crippen LogP contribution in [0.25, 0.3) is 0 Å². The lowest BCUT2D eigenvalue weighted by Gasteiger charge is -2.33. The predicted octanol–water partition coefficient (Wildman–Crippen LogP) is 4.23. The lowest BCUT2D eigenvalue weighted by molar-refractivity contribution is -0.192. The van der Waals surface area contributed by atoms with Crippen LogP contribution in [-0.2, 0) is 9.53 Å². The van der Waals surface area contributed by atoms with Crippen LogP contribution in [0.2, 0.25) is 0 Å². The monoisotopic (exact) mass is 507 g/mol. The molecule has 1 amide bonds. The summed E-state index contributed by atoms with van der Waals surface area (Å²) in [5.41, 5.74) is 1.19. The van der Waals surface area contributed by atoms with E-state index in [0.717, 1.165) is 0 Å². The summed E-state index contributed by atoms with van der Waals surface area (Å²) in [6.45, 7) is 7.29. The first kappa shape index (κ1) is 28.8. The molecule has 1 heterocycles. The van der Waals surface area contributed by atoms with Crippen molar-refractivity contribution in [1.29, 1.82) is 5.26 Å². The van der Waals surface area contributed by atoms with E-state index in [1.807, 2.05) is 19.9 Å². The number of ether oxygens (including phenoxy) is 1. The number of aromatic nitrogens is 2. The van der Waals surface area contributed by atoms with Crippen LogP contribution in [0.1, 0.15) is 33.5 Å². The minimum absolute atomic E-state index is 0.0157. The molecular weight excluding hydrogens is 490 g/mol. The highest BCUT2D eigenvalue weighted by atomic mass is 35.6. The lowest BCUT2D eigenvalue weighted by atomic mass is 10.2. The van der Waals surface area contributed by atoms with E-state index in [1.54, 1.807) is 6.07 Å².